The van der Waals surface area contributed by atoms with E-state index < -0.39 is 28.9 Å². The number of rotatable bonds is 4. The summed E-state index contributed by atoms with van der Waals surface area (Å²) in [6, 6.07) is 21.7. The predicted octanol–water partition coefficient (Wildman–Crippen LogP) is 6.86. The van der Waals surface area contributed by atoms with Gasteiger partial charge >= 0.3 is 12.1 Å². The van der Waals surface area contributed by atoms with E-state index in [1.807, 2.05) is 0 Å². The van der Waals surface area contributed by atoms with Crippen LogP contribution in [-0.4, -0.2) is 13.1 Å². The highest BCUT2D eigenvalue weighted by Gasteiger charge is 2.39. The molecule has 1 heterocycles. The number of alkyl halides is 3. The maximum atomic E-state index is 14.1. The molecule has 0 fully saturated rings. The molecule has 5 rings (SSSR count). The van der Waals surface area contributed by atoms with Crippen LogP contribution < -0.4 is 14.9 Å². The third-order valence-corrected chi connectivity index (χ3v) is 5.72. The van der Waals surface area contributed by atoms with Gasteiger partial charge in [0, 0.05) is 6.07 Å². The summed E-state index contributed by atoms with van der Waals surface area (Å²) in [6.07, 6.45) is -4.95. The van der Waals surface area contributed by atoms with Crippen LogP contribution in [0, 0.1) is 0 Å². The molecule has 0 saturated carbocycles. The number of ether oxygens (including phenoxy) is 2. The van der Waals surface area contributed by atoms with Crippen LogP contribution in [0.3, 0.4) is 0 Å². The molecule has 0 spiro atoms. The van der Waals surface area contributed by atoms with Crippen molar-refractivity contribution in [1.82, 2.24) is 0 Å². The van der Waals surface area contributed by atoms with Crippen LogP contribution in [0.1, 0.15) is 16.1 Å². The lowest BCUT2D eigenvalue weighted by atomic mass is 9.96. The molecule has 8 heteroatoms. The number of carbonyl (C=O) groups is 1. The Morgan fingerprint density at radius 1 is 0.861 bits per heavy atom. The maximum absolute atomic E-state index is 14.1. The van der Waals surface area contributed by atoms with E-state index in [1.54, 1.807) is 54.6 Å². The van der Waals surface area contributed by atoms with Gasteiger partial charge in [0.05, 0.1) is 18.1 Å². The van der Waals surface area contributed by atoms with Gasteiger partial charge in [-0.15, -0.1) is 0 Å². The van der Waals surface area contributed by atoms with Gasteiger partial charge in [-0.2, -0.15) is 13.2 Å². The zero-order chi connectivity index (χ0) is 25.4. The maximum Gasteiger partial charge on any atom is 0.450 e. The predicted molar refractivity (Wildman–Crippen MR) is 128 cm³/mol. The number of methoxy groups -OCH3 is 1. The fourth-order valence-electron chi connectivity index (χ4n) is 4.10. The van der Waals surface area contributed by atoms with Gasteiger partial charge in [0.25, 0.3) is 0 Å². The normalized spacial score (nSPS) is 11.6. The Labute approximate surface area is 202 Å². The van der Waals surface area contributed by atoms with Crippen LogP contribution in [0.2, 0.25) is 0 Å². The van der Waals surface area contributed by atoms with E-state index in [2.05, 4.69) is 0 Å². The molecule has 0 bridgehead atoms. The molecule has 36 heavy (non-hydrogen) atoms. The minimum atomic E-state index is -4.95. The number of carbonyl (C=O) groups excluding carboxylic acids is 1. The van der Waals surface area contributed by atoms with Gasteiger partial charge in [-0.3, -0.25) is 4.79 Å². The average molecular weight is 490 g/mol. The summed E-state index contributed by atoms with van der Waals surface area (Å²) in [4.78, 5) is 26.0. The topological polar surface area (TPSA) is 65.7 Å². The van der Waals surface area contributed by atoms with E-state index in [-0.39, 0.29) is 33.6 Å². The van der Waals surface area contributed by atoms with Crippen LogP contribution in [0.4, 0.5) is 13.2 Å². The lowest BCUT2D eigenvalue weighted by Crippen LogP contribution is -2.16. The Bertz CT molecular complexity index is 1680. The Hall–Kier alpha value is -4.59. The minimum absolute atomic E-state index is 0.0805. The Balaban J connectivity index is 1.66. The Morgan fingerprint density at radius 2 is 1.58 bits per heavy atom. The number of fused-ring (bicyclic) bond motifs is 2. The van der Waals surface area contributed by atoms with E-state index in [0.717, 1.165) is 6.07 Å². The SMILES string of the molecule is COc1ccccc1C(=O)Oc1ccc2c(=O)c(-c3cccc4ccccc34)c(C(F)(F)F)oc2c1. The van der Waals surface area contributed by atoms with Crippen LogP contribution in [0.15, 0.2) is 94.1 Å². The third kappa shape index (κ3) is 4.07. The summed E-state index contributed by atoms with van der Waals surface area (Å²) in [5, 5.41) is 1.09. The largest absolute Gasteiger partial charge is 0.496 e. The fourth-order valence-corrected chi connectivity index (χ4v) is 4.10. The van der Waals surface area contributed by atoms with Crippen molar-refractivity contribution in [2.45, 2.75) is 6.18 Å². The van der Waals surface area contributed by atoms with Crippen LogP contribution >= 0.6 is 0 Å². The minimum Gasteiger partial charge on any atom is -0.496 e. The quantitative estimate of drug-likeness (QED) is 0.203. The summed E-state index contributed by atoms with van der Waals surface area (Å²) in [6.45, 7) is 0. The summed E-state index contributed by atoms with van der Waals surface area (Å²) < 4.78 is 58.1. The van der Waals surface area contributed by atoms with Gasteiger partial charge in [-0.1, -0.05) is 54.6 Å². The summed E-state index contributed by atoms with van der Waals surface area (Å²) in [5.74, 6) is -2.02. The van der Waals surface area contributed by atoms with Crippen molar-refractivity contribution in [1.29, 1.82) is 0 Å². The van der Waals surface area contributed by atoms with Gasteiger partial charge in [0.2, 0.25) is 11.2 Å². The fraction of sp³-hybridized carbons (Fsp3) is 0.0714. The van der Waals surface area contributed by atoms with E-state index >= 15 is 0 Å². The molecule has 0 amide bonds. The molecule has 0 aliphatic rings. The van der Waals surface area contributed by atoms with Gasteiger partial charge in [-0.05, 0) is 40.6 Å². The number of hydrogen-bond acceptors (Lipinski definition) is 5. The standard InChI is InChI=1S/C28H17F3O5/c1-34-22-12-5-4-10-21(22)27(33)35-17-13-14-20-23(15-17)36-26(28(29,30)31)24(25(20)32)19-11-6-8-16-7-2-3-9-18(16)19/h2-15H,1H3. The van der Waals surface area contributed by atoms with Gasteiger partial charge in [0.1, 0.15) is 22.6 Å². The van der Waals surface area contributed by atoms with Gasteiger partial charge in [-0.25, -0.2) is 4.79 Å². The van der Waals surface area contributed by atoms with Crippen molar-refractivity contribution in [3.63, 3.8) is 0 Å². The highest BCUT2D eigenvalue weighted by molar-refractivity contribution is 5.99. The average Bonchev–Trinajstić information content (AvgIpc) is 2.87. The zero-order valence-electron chi connectivity index (χ0n) is 18.8. The highest BCUT2D eigenvalue weighted by atomic mass is 19.4. The van der Waals surface area contributed by atoms with E-state index in [9.17, 15) is 22.8 Å². The molecule has 0 atom stereocenters. The lowest BCUT2D eigenvalue weighted by Gasteiger charge is -2.15. The molecule has 4 aromatic carbocycles. The molecule has 180 valence electrons. The number of benzene rings is 4. The second-order valence-electron chi connectivity index (χ2n) is 7.91. The summed E-state index contributed by atoms with van der Waals surface area (Å²) in [5.41, 5.74) is -1.54. The van der Waals surface area contributed by atoms with E-state index in [1.165, 1.54) is 31.4 Å². The van der Waals surface area contributed by atoms with Crippen LogP contribution in [0.25, 0.3) is 32.9 Å². The van der Waals surface area contributed by atoms with E-state index in [4.69, 9.17) is 13.9 Å². The smallest absolute Gasteiger partial charge is 0.450 e. The second-order valence-corrected chi connectivity index (χ2v) is 7.91. The third-order valence-electron chi connectivity index (χ3n) is 5.72. The number of halogens is 3. The molecule has 0 saturated heterocycles. The van der Waals surface area contributed by atoms with Crippen molar-refractivity contribution in [2.75, 3.05) is 7.11 Å². The molecule has 1 aromatic heterocycles. The first-order valence-corrected chi connectivity index (χ1v) is 10.8. The van der Waals surface area contributed by atoms with Crippen LogP contribution in [-0.2, 0) is 6.18 Å². The monoisotopic (exact) mass is 490 g/mol. The molecule has 0 unspecified atom stereocenters. The van der Waals surface area contributed by atoms with Gasteiger partial charge in [0.15, 0.2) is 0 Å². The lowest BCUT2D eigenvalue weighted by molar-refractivity contribution is -0.152. The molecule has 5 nitrogen and oxygen atoms in total. The van der Waals surface area contributed by atoms with Crippen molar-refractivity contribution in [2.24, 2.45) is 0 Å². The first kappa shape index (κ1) is 23.2. The Morgan fingerprint density at radius 3 is 2.36 bits per heavy atom. The first-order valence-electron chi connectivity index (χ1n) is 10.8. The number of hydrogen-bond donors (Lipinski definition) is 0. The number of para-hydroxylation sites is 1. The Kier molecular flexibility index (Phi) is 5.72. The molecule has 5 aromatic rings. The molecule has 0 radical (unpaired) electrons. The highest BCUT2D eigenvalue weighted by Crippen LogP contribution is 2.40. The van der Waals surface area contributed by atoms with E-state index in [0.29, 0.717) is 10.8 Å². The molecule has 0 N–H and O–H groups in total. The summed E-state index contributed by atoms with van der Waals surface area (Å²) in [7, 11) is 1.39. The molecular formula is C28H17F3O5. The van der Waals surface area contributed by atoms with Crippen molar-refractivity contribution in [3.8, 4) is 22.6 Å². The first-order chi connectivity index (χ1) is 17.3. The summed E-state index contributed by atoms with van der Waals surface area (Å²) >= 11 is 0. The van der Waals surface area contributed by atoms with Gasteiger partial charge < -0.3 is 13.9 Å². The second kappa shape index (κ2) is 8.88. The van der Waals surface area contributed by atoms with Crippen LogP contribution in [0.5, 0.6) is 11.5 Å². The molecular weight excluding hydrogens is 473 g/mol. The molecule has 0 aliphatic carbocycles. The number of esters is 1. The van der Waals surface area contributed by atoms with Crippen molar-refractivity contribution in [3.05, 3.63) is 106 Å². The molecule has 0 aliphatic heterocycles. The van der Waals surface area contributed by atoms with Crippen molar-refractivity contribution < 1.29 is 31.9 Å². The van der Waals surface area contributed by atoms with Crippen molar-refractivity contribution >= 4 is 27.7 Å². The zero-order valence-corrected chi connectivity index (χ0v) is 18.8.